The number of amides is 2. The molecule has 0 aliphatic carbocycles. The average molecular weight is 238 g/mol. The molecule has 2 amide bonds. The summed E-state index contributed by atoms with van der Waals surface area (Å²) in [6.45, 7) is 1.91. The first kappa shape index (κ1) is 12.1. The third kappa shape index (κ3) is 3.05. The zero-order valence-electron chi connectivity index (χ0n) is 9.98. The lowest BCUT2D eigenvalue weighted by atomic mass is 10.1. The van der Waals surface area contributed by atoms with E-state index in [0.29, 0.717) is 38.9 Å². The highest BCUT2D eigenvalue weighted by Crippen LogP contribution is 2.12. The van der Waals surface area contributed by atoms with Gasteiger partial charge in [0.05, 0.1) is 6.54 Å². The topological polar surface area (TPSA) is 57.7 Å². The predicted octanol–water partition coefficient (Wildman–Crippen LogP) is 0.190. The van der Waals surface area contributed by atoms with Crippen molar-refractivity contribution in [2.45, 2.75) is 32.1 Å². The third-order valence-electron chi connectivity index (χ3n) is 3.42. The summed E-state index contributed by atoms with van der Waals surface area (Å²) < 4.78 is 0. The van der Waals surface area contributed by atoms with Crippen LogP contribution in [0.3, 0.4) is 0 Å². The second-order valence-corrected chi connectivity index (χ2v) is 4.69. The highest BCUT2D eigenvalue weighted by Gasteiger charge is 2.25. The molecule has 2 aliphatic heterocycles. The van der Waals surface area contributed by atoms with E-state index < -0.39 is 0 Å². The molecule has 0 atom stereocenters. The van der Waals surface area contributed by atoms with Crippen molar-refractivity contribution >= 4 is 17.6 Å². The van der Waals surface area contributed by atoms with Gasteiger partial charge < -0.3 is 9.80 Å². The van der Waals surface area contributed by atoms with Crippen LogP contribution in [-0.2, 0) is 14.4 Å². The van der Waals surface area contributed by atoms with E-state index in [9.17, 15) is 14.4 Å². The molecule has 0 spiro atoms. The van der Waals surface area contributed by atoms with Crippen molar-refractivity contribution in [3.05, 3.63) is 0 Å². The molecule has 5 heteroatoms. The number of hydrogen-bond donors (Lipinski definition) is 0. The summed E-state index contributed by atoms with van der Waals surface area (Å²) in [4.78, 5) is 37.9. The lowest BCUT2D eigenvalue weighted by Crippen LogP contribution is -2.47. The van der Waals surface area contributed by atoms with E-state index in [2.05, 4.69) is 0 Å². The van der Waals surface area contributed by atoms with Crippen LogP contribution < -0.4 is 0 Å². The minimum Gasteiger partial charge on any atom is -0.340 e. The second kappa shape index (κ2) is 5.29. The Morgan fingerprint density at radius 3 is 2.35 bits per heavy atom. The first-order valence-corrected chi connectivity index (χ1v) is 6.24. The van der Waals surface area contributed by atoms with Crippen LogP contribution in [0.5, 0.6) is 0 Å². The summed E-state index contributed by atoms with van der Waals surface area (Å²) in [5, 5.41) is 0. The van der Waals surface area contributed by atoms with Crippen LogP contribution in [-0.4, -0.2) is 53.6 Å². The zero-order valence-corrected chi connectivity index (χ0v) is 9.98. The van der Waals surface area contributed by atoms with Gasteiger partial charge in [-0.15, -0.1) is 0 Å². The molecule has 2 aliphatic rings. The first-order valence-electron chi connectivity index (χ1n) is 6.24. The lowest BCUT2D eigenvalue weighted by Gasteiger charge is -2.31. The van der Waals surface area contributed by atoms with Gasteiger partial charge in [-0.2, -0.15) is 0 Å². The summed E-state index contributed by atoms with van der Waals surface area (Å²) >= 11 is 0. The third-order valence-corrected chi connectivity index (χ3v) is 3.42. The molecule has 5 nitrogen and oxygen atoms in total. The maximum Gasteiger partial charge on any atom is 0.242 e. The molecule has 94 valence electrons. The van der Waals surface area contributed by atoms with Crippen LogP contribution in [0, 0.1) is 0 Å². The molecule has 2 fully saturated rings. The number of ketones is 1. The molecule has 0 radical (unpaired) electrons. The van der Waals surface area contributed by atoms with Gasteiger partial charge in [0.1, 0.15) is 5.78 Å². The number of rotatable bonds is 2. The van der Waals surface area contributed by atoms with Gasteiger partial charge in [0, 0.05) is 38.9 Å². The minimum absolute atomic E-state index is 0.0206. The zero-order chi connectivity index (χ0) is 12.3. The largest absolute Gasteiger partial charge is 0.340 e. The summed E-state index contributed by atoms with van der Waals surface area (Å²) in [5.74, 6) is 0.286. The number of carbonyl (C=O) groups is 3. The normalized spacial score (nSPS) is 21.9. The van der Waals surface area contributed by atoms with Gasteiger partial charge in [-0.1, -0.05) is 0 Å². The van der Waals surface area contributed by atoms with E-state index >= 15 is 0 Å². The van der Waals surface area contributed by atoms with Gasteiger partial charge in [-0.3, -0.25) is 14.4 Å². The smallest absolute Gasteiger partial charge is 0.242 e. The fraction of sp³-hybridized carbons (Fsp3) is 0.750. The Hall–Kier alpha value is -1.39. The molecule has 2 heterocycles. The van der Waals surface area contributed by atoms with Crippen molar-refractivity contribution in [1.82, 2.24) is 9.80 Å². The van der Waals surface area contributed by atoms with Crippen LogP contribution in [0.2, 0.25) is 0 Å². The highest BCUT2D eigenvalue weighted by atomic mass is 16.2. The van der Waals surface area contributed by atoms with Crippen molar-refractivity contribution in [2.24, 2.45) is 0 Å². The van der Waals surface area contributed by atoms with E-state index in [-0.39, 0.29) is 24.1 Å². The highest BCUT2D eigenvalue weighted by molar-refractivity contribution is 5.87. The molecule has 2 saturated heterocycles. The number of Topliss-reactive ketones (excluding diaryl/α,β-unsaturated/α-hetero) is 1. The standard InChI is InChI=1S/C12H18N2O3/c15-10-4-7-13(8-5-10)12(17)9-14-6-2-1-3-11(14)16/h1-9H2. The van der Waals surface area contributed by atoms with Crippen molar-refractivity contribution in [2.75, 3.05) is 26.2 Å². The van der Waals surface area contributed by atoms with Crippen LogP contribution in [0.4, 0.5) is 0 Å². The number of likely N-dealkylation sites (tertiary alicyclic amines) is 2. The molecule has 0 bridgehead atoms. The molecular formula is C12H18N2O3. The summed E-state index contributed by atoms with van der Waals surface area (Å²) in [7, 11) is 0. The quantitative estimate of drug-likeness (QED) is 0.690. The summed E-state index contributed by atoms with van der Waals surface area (Å²) in [6, 6.07) is 0. The molecule has 0 saturated carbocycles. The molecule has 2 rings (SSSR count). The Balaban J connectivity index is 1.83. The minimum atomic E-state index is -0.0206. The maximum atomic E-state index is 11.9. The molecule has 17 heavy (non-hydrogen) atoms. The Labute approximate surface area is 101 Å². The van der Waals surface area contributed by atoms with Crippen LogP contribution >= 0.6 is 0 Å². The van der Waals surface area contributed by atoms with Gasteiger partial charge in [0.15, 0.2) is 0 Å². The monoisotopic (exact) mass is 238 g/mol. The molecule has 0 aromatic carbocycles. The first-order chi connectivity index (χ1) is 8.16. The number of nitrogens with zero attached hydrogens (tertiary/aromatic N) is 2. The average Bonchev–Trinajstić information content (AvgIpc) is 2.33. The van der Waals surface area contributed by atoms with Crippen molar-refractivity contribution in [1.29, 1.82) is 0 Å². The fourth-order valence-electron chi connectivity index (χ4n) is 2.30. The van der Waals surface area contributed by atoms with Gasteiger partial charge in [-0.05, 0) is 12.8 Å². The van der Waals surface area contributed by atoms with Gasteiger partial charge in [-0.25, -0.2) is 0 Å². The summed E-state index contributed by atoms with van der Waals surface area (Å²) in [5.41, 5.74) is 0. The van der Waals surface area contributed by atoms with E-state index in [1.54, 1.807) is 9.80 Å². The fourth-order valence-corrected chi connectivity index (χ4v) is 2.30. The maximum absolute atomic E-state index is 11.9. The Bertz CT molecular complexity index is 331. The molecule has 0 aromatic heterocycles. The molecule has 0 aromatic rings. The number of carbonyl (C=O) groups excluding carboxylic acids is 3. The molecule has 0 N–H and O–H groups in total. The Morgan fingerprint density at radius 2 is 1.71 bits per heavy atom. The van der Waals surface area contributed by atoms with Crippen LogP contribution in [0.1, 0.15) is 32.1 Å². The second-order valence-electron chi connectivity index (χ2n) is 4.69. The Kier molecular flexibility index (Phi) is 3.76. The van der Waals surface area contributed by atoms with Crippen molar-refractivity contribution < 1.29 is 14.4 Å². The SMILES string of the molecule is O=C1CCN(C(=O)CN2CCCCC2=O)CC1. The number of hydrogen-bond acceptors (Lipinski definition) is 3. The van der Waals surface area contributed by atoms with E-state index in [0.717, 1.165) is 12.8 Å². The molecule has 0 unspecified atom stereocenters. The van der Waals surface area contributed by atoms with Crippen LogP contribution in [0.25, 0.3) is 0 Å². The van der Waals surface area contributed by atoms with Crippen molar-refractivity contribution in [3.63, 3.8) is 0 Å². The lowest BCUT2D eigenvalue weighted by molar-refractivity contribution is -0.143. The predicted molar refractivity (Wildman–Crippen MR) is 61.3 cm³/mol. The summed E-state index contributed by atoms with van der Waals surface area (Å²) in [6.07, 6.45) is 3.39. The molecular weight excluding hydrogens is 220 g/mol. The van der Waals surface area contributed by atoms with E-state index in [1.807, 2.05) is 0 Å². The van der Waals surface area contributed by atoms with Gasteiger partial charge in [0.25, 0.3) is 0 Å². The van der Waals surface area contributed by atoms with Crippen LogP contribution in [0.15, 0.2) is 0 Å². The van der Waals surface area contributed by atoms with E-state index in [1.165, 1.54) is 0 Å². The van der Waals surface area contributed by atoms with Crippen molar-refractivity contribution in [3.8, 4) is 0 Å². The van der Waals surface area contributed by atoms with Gasteiger partial charge in [0.2, 0.25) is 11.8 Å². The number of piperidine rings is 2. The van der Waals surface area contributed by atoms with E-state index in [4.69, 9.17) is 0 Å². The van der Waals surface area contributed by atoms with Gasteiger partial charge >= 0.3 is 0 Å². The Morgan fingerprint density at radius 1 is 1.00 bits per heavy atom.